The van der Waals surface area contributed by atoms with Crippen molar-refractivity contribution in [2.45, 2.75) is 19.4 Å². The van der Waals surface area contributed by atoms with Crippen LogP contribution in [0.4, 0.5) is 0 Å². The fraction of sp³-hybridized carbons (Fsp3) is 0.750. The van der Waals surface area contributed by atoms with E-state index in [4.69, 9.17) is 9.22 Å². The first kappa shape index (κ1) is 5.23. The summed E-state index contributed by atoms with van der Waals surface area (Å²) >= 11 is 0. The molecular weight excluding hydrogens is 119 g/mol. The molecule has 3 nitrogen and oxygen atoms in total. The first-order chi connectivity index (χ1) is 4.34. The summed E-state index contributed by atoms with van der Waals surface area (Å²) in [5, 5.41) is 18.3. The van der Waals surface area contributed by atoms with E-state index in [9.17, 15) is 9.90 Å². The average molecular weight is 129 g/mol. The van der Waals surface area contributed by atoms with Crippen molar-refractivity contribution in [2.24, 2.45) is 0 Å². The average Bonchev–Trinajstić information content (AvgIpc) is 1.60. The number of aliphatic hydroxyl groups excluding tert-OH is 1. The molecule has 1 N–H and O–H groups in total. The van der Waals surface area contributed by atoms with Crippen molar-refractivity contribution in [1.82, 2.24) is 0 Å². The smallest absolute Gasteiger partial charge is 0.550 e. The molecule has 0 heterocycles. The van der Waals surface area contributed by atoms with E-state index in [-0.39, 0.29) is 29.6 Å². The predicted octanol–water partition coefficient (Wildman–Crippen LogP) is -4.49. The van der Waals surface area contributed by atoms with Gasteiger partial charge < -0.3 is 15.0 Å². The van der Waals surface area contributed by atoms with E-state index >= 15 is 0 Å². The molecule has 0 aromatic heterocycles. The maximum atomic E-state index is 9.74. The molecule has 0 fully saturated rings. The molecule has 0 aromatic rings. The Kier molecular flexibility index (Phi) is 3.64. The second-order valence-corrected chi connectivity index (χ2v) is 1.09. The number of aliphatic carboxylic acids is 1. The second kappa shape index (κ2) is 5.56. The molecule has 0 bridgehead atoms. The quantitative estimate of drug-likeness (QED) is 0.382. The molecule has 0 aliphatic rings. The Hall–Kier alpha value is 0.430. The summed E-state index contributed by atoms with van der Waals surface area (Å²) in [6.45, 7) is -2.62. The summed E-state index contributed by atoms with van der Waals surface area (Å²) in [6.07, 6.45) is -2.67. The van der Waals surface area contributed by atoms with Crippen molar-refractivity contribution in [3.8, 4) is 0 Å². The Morgan fingerprint density at radius 3 is 2.75 bits per heavy atom. The third-order valence-electron chi connectivity index (χ3n) is 0.360. The minimum Gasteiger partial charge on any atom is -0.550 e. The monoisotopic (exact) mass is 129 g/mol. The maximum Gasteiger partial charge on any atom is 1.00 e. The molecule has 0 aliphatic heterocycles. The van der Waals surface area contributed by atoms with Crippen molar-refractivity contribution >= 4 is 5.97 Å². The molecule has 0 radical (unpaired) electrons. The fourth-order valence-electron chi connectivity index (χ4n) is 0.158. The van der Waals surface area contributed by atoms with Crippen LogP contribution >= 0.6 is 0 Å². The van der Waals surface area contributed by atoms with Gasteiger partial charge in [-0.15, -0.1) is 0 Å². The van der Waals surface area contributed by atoms with E-state index < -0.39 is 25.3 Å². The van der Waals surface area contributed by atoms with Gasteiger partial charge in [0.1, 0.15) is 0 Å². The van der Waals surface area contributed by atoms with E-state index in [1.807, 2.05) is 0 Å². The van der Waals surface area contributed by atoms with Gasteiger partial charge in [-0.05, 0) is 6.85 Å². The minimum absolute atomic E-state index is 0. The Bertz CT molecular complexity index is 135. The fourth-order valence-corrected chi connectivity index (χ4v) is 0.158. The first-order valence-corrected chi connectivity index (χ1v) is 1.72. The molecule has 0 unspecified atom stereocenters. The van der Waals surface area contributed by atoms with Crippen LogP contribution in [0.3, 0.4) is 0 Å². The van der Waals surface area contributed by atoms with Gasteiger partial charge in [-0.2, -0.15) is 0 Å². The van der Waals surface area contributed by atoms with Crippen molar-refractivity contribution < 1.29 is 48.7 Å². The van der Waals surface area contributed by atoms with Gasteiger partial charge in [-0.25, -0.2) is 0 Å². The maximum absolute atomic E-state index is 9.74. The number of carbonyl (C=O) groups is 1. The zero-order valence-corrected chi connectivity index (χ0v) is 6.55. The number of rotatable bonds is 2. The standard InChI is InChI=1S/C4H8O3.Na/c1-3(5)2-4(6)7;/h3,5H,2H2,1H3,(H,6,7);/q;+1/p-1/t3-;/m1./s1/i1D3;. The van der Waals surface area contributed by atoms with Gasteiger partial charge in [-0.3, -0.25) is 0 Å². The summed E-state index contributed by atoms with van der Waals surface area (Å²) in [4.78, 5) is 9.74. The number of carbonyl (C=O) groups excluding carboxylic acids is 1. The van der Waals surface area contributed by atoms with Crippen LogP contribution in [0.2, 0.25) is 0 Å². The van der Waals surface area contributed by atoms with E-state index in [0.29, 0.717) is 0 Å². The molecule has 0 amide bonds. The zero-order chi connectivity index (χ0) is 8.36. The first-order valence-electron chi connectivity index (χ1n) is 3.22. The van der Waals surface area contributed by atoms with Crippen LogP contribution in [0.25, 0.3) is 0 Å². The number of aliphatic hydroxyl groups is 1. The molecule has 0 rings (SSSR count). The van der Waals surface area contributed by atoms with Crippen molar-refractivity contribution in [3.63, 3.8) is 0 Å². The van der Waals surface area contributed by atoms with E-state index in [2.05, 4.69) is 0 Å². The minimum atomic E-state index is -2.62. The van der Waals surface area contributed by atoms with Gasteiger partial charge in [0.25, 0.3) is 0 Å². The molecule has 0 saturated heterocycles. The Morgan fingerprint density at radius 2 is 2.62 bits per heavy atom. The molecule has 0 aliphatic carbocycles. The van der Waals surface area contributed by atoms with Gasteiger partial charge >= 0.3 is 29.6 Å². The van der Waals surface area contributed by atoms with Crippen molar-refractivity contribution in [1.29, 1.82) is 0 Å². The van der Waals surface area contributed by atoms with Crippen LogP contribution in [-0.4, -0.2) is 17.2 Å². The summed E-state index contributed by atoms with van der Waals surface area (Å²) in [5.41, 5.74) is 0. The van der Waals surface area contributed by atoms with Gasteiger partial charge in [0.2, 0.25) is 0 Å². The SMILES string of the molecule is [2H]C([2H])([2H])[C@@H](O)CC(=O)[O-].[Na+]. The molecule has 0 saturated carbocycles. The van der Waals surface area contributed by atoms with E-state index in [1.54, 1.807) is 0 Å². The van der Waals surface area contributed by atoms with Crippen LogP contribution < -0.4 is 34.7 Å². The Labute approximate surface area is 74.2 Å². The van der Waals surface area contributed by atoms with Crippen LogP contribution in [0, 0.1) is 0 Å². The van der Waals surface area contributed by atoms with Crippen molar-refractivity contribution in [2.75, 3.05) is 0 Å². The topological polar surface area (TPSA) is 60.4 Å². The predicted molar refractivity (Wildman–Crippen MR) is 21.3 cm³/mol. The molecule has 8 heavy (non-hydrogen) atoms. The van der Waals surface area contributed by atoms with Crippen LogP contribution in [0.5, 0.6) is 0 Å². The molecule has 4 heteroatoms. The van der Waals surface area contributed by atoms with E-state index in [1.165, 1.54) is 0 Å². The third kappa shape index (κ3) is 9.66. The molecule has 1 atom stereocenters. The summed E-state index contributed by atoms with van der Waals surface area (Å²) in [5.74, 6) is -1.57. The Balaban J connectivity index is 0. The molecule has 42 valence electrons. The van der Waals surface area contributed by atoms with Crippen molar-refractivity contribution in [3.05, 3.63) is 0 Å². The number of carboxylic acids is 1. The van der Waals surface area contributed by atoms with Crippen LogP contribution in [0.1, 0.15) is 17.4 Å². The van der Waals surface area contributed by atoms with Gasteiger partial charge in [0.05, 0.1) is 6.10 Å². The number of carboxylic acid groups (broad SMARTS) is 1. The van der Waals surface area contributed by atoms with Gasteiger partial charge in [0, 0.05) is 16.5 Å². The normalized spacial score (nSPS) is 18.9. The van der Waals surface area contributed by atoms with Gasteiger partial charge in [0.15, 0.2) is 0 Å². The Morgan fingerprint density at radius 1 is 2.12 bits per heavy atom. The number of hydrogen-bond acceptors (Lipinski definition) is 3. The number of hydrogen-bond donors (Lipinski definition) is 1. The van der Waals surface area contributed by atoms with Gasteiger partial charge in [-0.1, -0.05) is 0 Å². The molecule has 0 aromatic carbocycles. The summed E-state index contributed by atoms with van der Waals surface area (Å²) in [7, 11) is 0. The molecule has 0 spiro atoms. The zero-order valence-electron chi connectivity index (χ0n) is 7.55. The largest absolute Gasteiger partial charge is 1.00 e. The van der Waals surface area contributed by atoms with Crippen LogP contribution in [0.15, 0.2) is 0 Å². The second-order valence-electron chi connectivity index (χ2n) is 1.09. The summed E-state index contributed by atoms with van der Waals surface area (Å²) < 4.78 is 19.6. The van der Waals surface area contributed by atoms with Crippen LogP contribution in [-0.2, 0) is 4.79 Å². The third-order valence-corrected chi connectivity index (χ3v) is 0.360. The molecular formula is C4H7NaO3. The summed E-state index contributed by atoms with van der Waals surface area (Å²) in [6, 6.07) is 0. The van der Waals surface area contributed by atoms with E-state index in [0.717, 1.165) is 0 Å².